The Morgan fingerprint density at radius 1 is 1.40 bits per heavy atom. The van der Waals surface area contributed by atoms with E-state index >= 15 is 0 Å². The van der Waals surface area contributed by atoms with Gasteiger partial charge in [0.2, 0.25) is 0 Å². The molecule has 2 aromatic rings. The number of carbonyl (C=O) groups is 1. The lowest BCUT2D eigenvalue weighted by Crippen LogP contribution is -1.96. The molecule has 0 bridgehead atoms. The summed E-state index contributed by atoms with van der Waals surface area (Å²) in [5, 5.41) is 1.07. The standard InChI is InChI=1S/C11H9BrO2S/c1-6-3-9-7(4-8(6)12)5-10(15-9)11(13)14-2/h3-5H,1-2H3. The lowest BCUT2D eigenvalue weighted by atomic mass is 10.2. The van der Waals surface area contributed by atoms with Crippen LogP contribution in [0, 0.1) is 6.92 Å². The van der Waals surface area contributed by atoms with Gasteiger partial charge in [-0.05, 0) is 36.1 Å². The first-order valence-corrected chi connectivity index (χ1v) is 6.01. The van der Waals surface area contributed by atoms with Gasteiger partial charge in [0.05, 0.1) is 7.11 Å². The van der Waals surface area contributed by atoms with Gasteiger partial charge in [-0.15, -0.1) is 11.3 Å². The Hall–Kier alpha value is -0.870. The summed E-state index contributed by atoms with van der Waals surface area (Å²) in [6.45, 7) is 2.03. The minimum atomic E-state index is -0.273. The number of benzene rings is 1. The number of esters is 1. The van der Waals surface area contributed by atoms with Gasteiger partial charge in [0.1, 0.15) is 4.88 Å². The van der Waals surface area contributed by atoms with Gasteiger partial charge in [-0.3, -0.25) is 0 Å². The van der Waals surface area contributed by atoms with Crippen LogP contribution in [-0.4, -0.2) is 13.1 Å². The van der Waals surface area contributed by atoms with Gasteiger partial charge < -0.3 is 4.74 Å². The van der Waals surface area contributed by atoms with E-state index in [9.17, 15) is 4.79 Å². The van der Waals surface area contributed by atoms with Crippen molar-refractivity contribution in [1.82, 2.24) is 0 Å². The summed E-state index contributed by atoms with van der Waals surface area (Å²) in [5.74, 6) is -0.273. The highest BCUT2D eigenvalue weighted by Crippen LogP contribution is 2.30. The second kappa shape index (κ2) is 3.94. The number of aryl methyl sites for hydroxylation is 1. The van der Waals surface area contributed by atoms with Crippen molar-refractivity contribution in [3.8, 4) is 0 Å². The van der Waals surface area contributed by atoms with Crippen molar-refractivity contribution < 1.29 is 9.53 Å². The first-order valence-electron chi connectivity index (χ1n) is 4.40. The van der Waals surface area contributed by atoms with Gasteiger partial charge >= 0.3 is 5.97 Å². The summed E-state index contributed by atoms with van der Waals surface area (Å²) >= 11 is 4.93. The molecule has 0 N–H and O–H groups in total. The molecule has 4 heteroatoms. The second-order valence-corrected chi connectivity index (χ2v) is 5.18. The first-order chi connectivity index (χ1) is 7.11. The number of fused-ring (bicyclic) bond motifs is 1. The van der Waals surface area contributed by atoms with Gasteiger partial charge in [0, 0.05) is 9.17 Å². The predicted molar refractivity (Wildman–Crippen MR) is 65.6 cm³/mol. The Morgan fingerprint density at radius 2 is 2.13 bits per heavy atom. The number of hydrogen-bond acceptors (Lipinski definition) is 3. The maximum absolute atomic E-state index is 11.3. The molecule has 0 fully saturated rings. The number of thiophene rings is 1. The van der Waals surface area contributed by atoms with Crippen LogP contribution in [0.1, 0.15) is 15.2 Å². The fraction of sp³-hybridized carbons (Fsp3) is 0.182. The average molecular weight is 285 g/mol. The zero-order chi connectivity index (χ0) is 11.0. The Morgan fingerprint density at radius 3 is 2.80 bits per heavy atom. The molecule has 0 amide bonds. The molecular weight excluding hydrogens is 276 g/mol. The molecule has 78 valence electrons. The van der Waals surface area contributed by atoms with Crippen LogP contribution in [-0.2, 0) is 4.74 Å². The molecule has 2 rings (SSSR count). The zero-order valence-corrected chi connectivity index (χ0v) is 10.7. The Bertz CT molecular complexity index is 492. The van der Waals surface area contributed by atoms with E-state index in [2.05, 4.69) is 26.7 Å². The number of carbonyl (C=O) groups excluding carboxylic acids is 1. The van der Waals surface area contributed by atoms with E-state index in [1.54, 1.807) is 0 Å². The number of hydrogen-bond donors (Lipinski definition) is 0. The molecule has 1 aromatic heterocycles. The summed E-state index contributed by atoms with van der Waals surface area (Å²) < 4.78 is 6.85. The van der Waals surface area contributed by atoms with E-state index in [0.717, 1.165) is 14.6 Å². The molecule has 0 radical (unpaired) electrons. The Kier molecular flexibility index (Phi) is 2.80. The zero-order valence-electron chi connectivity index (χ0n) is 8.33. The topological polar surface area (TPSA) is 26.3 Å². The SMILES string of the molecule is COC(=O)c1cc2cc(Br)c(C)cc2s1. The monoisotopic (exact) mass is 284 g/mol. The van der Waals surface area contributed by atoms with Crippen molar-refractivity contribution in [2.75, 3.05) is 7.11 Å². The van der Waals surface area contributed by atoms with E-state index in [1.807, 2.05) is 19.1 Å². The van der Waals surface area contributed by atoms with E-state index in [-0.39, 0.29) is 5.97 Å². The molecular formula is C11H9BrO2S. The summed E-state index contributed by atoms with van der Waals surface area (Å²) in [7, 11) is 1.40. The van der Waals surface area contributed by atoms with E-state index in [1.165, 1.54) is 24.0 Å². The van der Waals surface area contributed by atoms with Crippen molar-refractivity contribution in [2.45, 2.75) is 6.92 Å². The Balaban J connectivity index is 2.61. The molecule has 2 nitrogen and oxygen atoms in total. The third-order valence-corrected chi connectivity index (χ3v) is 4.12. The van der Waals surface area contributed by atoms with Crippen LogP contribution in [0.3, 0.4) is 0 Å². The third kappa shape index (κ3) is 1.92. The third-order valence-electron chi connectivity index (χ3n) is 2.18. The number of halogens is 1. The van der Waals surface area contributed by atoms with Crippen LogP contribution in [0.4, 0.5) is 0 Å². The minimum Gasteiger partial charge on any atom is -0.465 e. The molecule has 0 unspecified atom stereocenters. The molecule has 0 aliphatic heterocycles. The van der Waals surface area contributed by atoms with Crippen LogP contribution in [0.2, 0.25) is 0 Å². The molecule has 1 heterocycles. The molecule has 0 saturated heterocycles. The number of methoxy groups -OCH3 is 1. The van der Waals surface area contributed by atoms with Gasteiger partial charge in [-0.2, -0.15) is 0 Å². The maximum atomic E-state index is 11.3. The lowest BCUT2D eigenvalue weighted by molar-refractivity contribution is 0.0606. The second-order valence-electron chi connectivity index (χ2n) is 3.24. The highest BCUT2D eigenvalue weighted by molar-refractivity contribution is 9.10. The summed E-state index contributed by atoms with van der Waals surface area (Å²) in [6, 6.07) is 5.94. The van der Waals surface area contributed by atoms with Crippen molar-refractivity contribution in [2.24, 2.45) is 0 Å². The molecule has 0 atom stereocenters. The van der Waals surface area contributed by atoms with Crippen molar-refractivity contribution in [3.63, 3.8) is 0 Å². The predicted octanol–water partition coefficient (Wildman–Crippen LogP) is 3.76. The molecule has 1 aromatic carbocycles. The normalized spacial score (nSPS) is 10.6. The minimum absolute atomic E-state index is 0.273. The number of ether oxygens (including phenoxy) is 1. The summed E-state index contributed by atoms with van der Waals surface area (Å²) in [6.07, 6.45) is 0. The highest BCUT2D eigenvalue weighted by atomic mass is 79.9. The quantitative estimate of drug-likeness (QED) is 0.746. The highest BCUT2D eigenvalue weighted by Gasteiger charge is 2.10. The van der Waals surface area contributed by atoms with Crippen LogP contribution in [0.5, 0.6) is 0 Å². The summed E-state index contributed by atoms with van der Waals surface area (Å²) in [4.78, 5) is 12.0. The van der Waals surface area contributed by atoms with Gasteiger partial charge in [-0.25, -0.2) is 4.79 Å². The largest absolute Gasteiger partial charge is 0.465 e. The van der Waals surface area contributed by atoms with E-state index in [4.69, 9.17) is 0 Å². The fourth-order valence-electron chi connectivity index (χ4n) is 1.36. The molecule has 0 aliphatic rings. The smallest absolute Gasteiger partial charge is 0.348 e. The van der Waals surface area contributed by atoms with Crippen LogP contribution < -0.4 is 0 Å². The van der Waals surface area contributed by atoms with Gasteiger partial charge in [0.15, 0.2) is 0 Å². The molecule has 0 aliphatic carbocycles. The van der Waals surface area contributed by atoms with Crippen molar-refractivity contribution in [3.05, 3.63) is 33.1 Å². The van der Waals surface area contributed by atoms with Crippen molar-refractivity contribution >= 4 is 43.3 Å². The molecule has 0 saturated carbocycles. The lowest BCUT2D eigenvalue weighted by Gasteiger charge is -1.96. The summed E-state index contributed by atoms with van der Waals surface area (Å²) in [5.41, 5.74) is 1.17. The first kappa shape index (κ1) is 10.6. The van der Waals surface area contributed by atoms with Crippen LogP contribution in [0.15, 0.2) is 22.7 Å². The van der Waals surface area contributed by atoms with Crippen molar-refractivity contribution in [1.29, 1.82) is 0 Å². The maximum Gasteiger partial charge on any atom is 0.348 e. The average Bonchev–Trinajstić information content (AvgIpc) is 2.60. The van der Waals surface area contributed by atoms with Gasteiger partial charge in [-0.1, -0.05) is 15.9 Å². The fourth-order valence-corrected chi connectivity index (χ4v) is 2.78. The molecule has 15 heavy (non-hydrogen) atoms. The Labute approximate surface area is 100.0 Å². The van der Waals surface area contributed by atoms with E-state index < -0.39 is 0 Å². The van der Waals surface area contributed by atoms with Crippen LogP contribution >= 0.6 is 27.3 Å². The van der Waals surface area contributed by atoms with Gasteiger partial charge in [0.25, 0.3) is 0 Å². The molecule has 0 spiro atoms. The number of rotatable bonds is 1. The van der Waals surface area contributed by atoms with Crippen LogP contribution in [0.25, 0.3) is 10.1 Å². The van der Waals surface area contributed by atoms with E-state index in [0.29, 0.717) is 4.88 Å².